The van der Waals surface area contributed by atoms with Gasteiger partial charge in [0.2, 0.25) is 0 Å². The highest BCUT2D eigenvalue weighted by molar-refractivity contribution is 5.27. The van der Waals surface area contributed by atoms with Crippen LogP contribution < -0.4 is 5.32 Å². The average molecular weight is 294 g/mol. The number of nitrogens with zero attached hydrogens (tertiary/aromatic N) is 1. The van der Waals surface area contributed by atoms with Gasteiger partial charge in [0.25, 0.3) is 0 Å². The van der Waals surface area contributed by atoms with E-state index in [0.717, 1.165) is 32.0 Å². The molecule has 1 saturated carbocycles. The van der Waals surface area contributed by atoms with Gasteiger partial charge >= 0.3 is 0 Å². The lowest BCUT2D eigenvalue weighted by Gasteiger charge is -2.34. The Balaban J connectivity index is 1.58. The van der Waals surface area contributed by atoms with E-state index in [1.54, 1.807) is 6.92 Å². The molecule has 1 aromatic rings. The largest absolute Gasteiger partial charge is 0.307 e. The van der Waals surface area contributed by atoms with Crippen LogP contribution in [0.3, 0.4) is 0 Å². The number of hydrogen-bond acceptors (Lipinski definition) is 2. The fourth-order valence-corrected chi connectivity index (χ4v) is 3.31. The van der Waals surface area contributed by atoms with E-state index in [0.29, 0.717) is 17.2 Å². The van der Waals surface area contributed by atoms with Crippen molar-refractivity contribution in [1.82, 2.24) is 10.2 Å². The van der Waals surface area contributed by atoms with Crippen LogP contribution in [0.25, 0.3) is 0 Å². The Bertz CT molecular complexity index is 506. The molecule has 1 aromatic carbocycles. The summed E-state index contributed by atoms with van der Waals surface area (Å²) in [6.07, 6.45) is 4.89. The van der Waals surface area contributed by atoms with Crippen molar-refractivity contribution in [2.45, 2.75) is 57.7 Å². The van der Waals surface area contributed by atoms with Crippen molar-refractivity contribution in [3.05, 3.63) is 34.9 Å². The molecule has 0 spiro atoms. The molecule has 1 unspecified atom stereocenters. The van der Waals surface area contributed by atoms with E-state index in [1.165, 1.54) is 25.0 Å². The molecule has 0 radical (unpaired) electrons. The van der Waals surface area contributed by atoms with Crippen LogP contribution in [-0.4, -0.2) is 30.1 Å². The summed E-state index contributed by atoms with van der Waals surface area (Å²) in [4.78, 5) is 2.56. The van der Waals surface area contributed by atoms with E-state index in [9.17, 15) is 8.78 Å². The van der Waals surface area contributed by atoms with Crippen LogP contribution in [0.5, 0.6) is 0 Å². The minimum Gasteiger partial charge on any atom is -0.307 e. The van der Waals surface area contributed by atoms with Crippen LogP contribution in [0.15, 0.2) is 12.1 Å². The minimum absolute atomic E-state index is 0.155. The smallest absolute Gasteiger partial charge is 0.128 e. The van der Waals surface area contributed by atoms with Crippen molar-refractivity contribution in [3.8, 4) is 0 Å². The zero-order valence-corrected chi connectivity index (χ0v) is 12.8. The highest BCUT2D eigenvalue weighted by Crippen LogP contribution is 2.30. The van der Waals surface area contributed by atoms with E-state index in [4.69, 9.17) is 0 Å². The van der Waals surface area contributed by atoms with E-state index >= 15 is 0 Å². The lowest BCUT2D eigenvalue weighted by atomic mass is 10.00. The maximum absolute atomic E-state index is 14.0. The van der Waals surface area contributed by atoms with Gasteiger partial charge < -0.3 is 10.2 Å². The molecule has 116 valence electrons. The molecule has 1 aliphatic carbocycles. The number of halogens is 2. The Morgan fingerprint density at radius 3 is 2.38 bits per heavy atom. The van der Waals surface area contributed by atoms with Gasteiger partial charge in [-0.2, -0.15) is 0 Å². The summed E-state index contributed by atoms with van der Waals surface area (Å²) in [6.45, 7) is 5.76. The summed E-state index contributed by atoms with van der Waals surface area (Å²) in [7, 11) is 0. The van der Waals surface area contributed by atoms with Crippen molar-refractivity contribution in [1.29, 1.82) is 0 Å². The summed E-state index contributed by atoms with van der Waals surface area (Å²) in [6, 6.07) is 3.70. The normalized spacial score (nSPS) is 22.5. The summed E-state index contributed by atoms with van der Waals surface area (Å²) < 4.78 is 27.6. The second kappa shape index (κ2) is 6.01. The first-order valence-corrected chi connectivity index (χ1v) is 8.00. The summed E-state index contributed by atoms with van der Waals surface area (Å²) >= 11 is 0. The molecule has 2 fully saturated rings. The fourth-order valence-electron chi connectivity index (χ4n) is 3.31. The summed E-state index contributed by atoms with van der Waals surface area (Å²) in [5.74, 6) is -0.645. The molecule has 0 aromatic heterocycles. The molecule has 1 aliphatic heterocycles. The lowest BCUT2D eigenvalue weighted by molar-refractivity contribution is 0.184. The molecule has 1 N–H and O–H groups in total. The van der Waals surface area contributed by atoms with Gasteiger partial charge in [0.15, 0.2) is 0 Å². The zero-order valence-electron chi connectivity index (χ0n) is 12.8. The van der Waals surface area contributed by atoms with Crippen LogP contribution in [0.4, 0.5) is 8.78 Å². The first-order chi connectivity index (χ1) is 10.0. The monoisotopic (exact) mass is 294 g/mol. The fraction of sp³-hybridized carbons (Fsp3) is 0.647. The van der Waals surface area contributed by atoms with Crippen molar-refractivity contribution in [3.63, 3.8) is 0 Å². The molecule has 3 rings (SSSR count). The van der Waals surface area contributed by atoms with Crippen molar-refractivity contribution in [2.24, 2.45) is 0 Å². The second-order valence-electron chi connectivity index (χ2n) is 6.55. The summed E-state index contributed by atoms with van der Waals surface area (Å²) in [5, 5.41) is 3.47. The quantitative estimate of drug-likeness (QED) is 0.913. The van der Waals surface area contributed by atoms with E-state index < -0.39 is 0 Å². The van der Waals surface area contributed by atoms with Crippen LogP contribution >= 0.6 is 0 Å². The van der Waals surface area contributed by atoms with E-state index in [2.05, 4.69) is 10.2 Å². The number of benzene rings is 1. The van der Waals surface area contributed by atoms with Gasteiger partial charge in [-0.05, 0) is 70.3 Å². The number of nitrogens with one attached hydrogen (secondary N) is 1. The molecule has 4 heteroatoms. The number of aryl methyl sites for hydroxylation is 1. The van der Waals surface area contributed by atoms with Gasteiger partial charge in [-0.1, -0.05) is 0 Å². The maximum atomic E-state index is 14.0. The van der Waals surface area contributed by atoms with Gasteiger partial charge in [-0.3, -0.25) is 0 Å². The van der Waals surface area contributed by atoms with Crippen LogP contribution in [0, 0.1) is 18.6 Å². The van der Waals surface area contributed by atoms with Crippen molar-refractivity contribution < 1.29 is 8.78 Å². The standard InChI is InChI=1S/C17H24F2N2/c1-11-9-17(19)15(10-16(11)18)12(2)20-13-5-7-21(8-6-13)14-3-4-14/h9-10,12-14,20H,3-8H2,1-2H3. The van der Waals surface area contributed by atoms with Gasteiger partial charge in [0.05, 0.1) is 0 Å². The topological polar surface area (TPSA) is 15.3 Å². The van der Waals surface area contributed by atoms with Crippen LogP contribution in [0.2, 0.25) is 0 Å². The molecule has 1 heterocycles. The molecule has 21 heavy (non-hydrogen) atoms. The SMILES string of the molecule is Cc1cc(F)c(C(C)NC2CCN(C3CC3)CC2)cc1F. The first kappa shape index (κ1) is 14.9. The van der Waals surface area contributed by atoms with Gasteiger partial charge in [0.1, 0.15) is 11.6 Å². The number of likely N-dealkylation sites (tertiary alicyclic amines) is 1. The molecule has 0 amide bonds. The van der Waals surface area contributed by atoms with E-state index in [-0.39, 0.29) is 17.7 Å². The molecule has 2 aliphatic rings. The Kier molecular flexibility index (Phi) is 4.27. The average Bonchev–Trinajstić information content (AvgIpc) is 3.28. The number of rotatable bonds is 4. The predicted octanol–water partition coefficient (Wildman–Crippen LogP) is 3.55. The molecule has 2 nitrogen and oxygen atoms in total. The molecule has 1 atom stereocenters. The Labute approximate surface area is 125 Å². The minimum atomic E-state index is -0.330. The lowest BCUT2D eigenvalue weighted by Crippen LogP contribution is -2.44. The molecule has 0 bridgehead atoms. The summed E-state index contributed by atoms with van der Waals surface area (Å²) in [5.41, 5.74) is 0.795. The van der Waals surface area contributed by atoms with Crippen LogP contribution in [0.1, 0.15) is 49.8 Å². The Morgan fingerprint density at radius 2 is 1.76 bits per heavy atom. The zero-order chi connectivity index (χ0) is 15.0. The van der Waals surface area contributed by atoms with Gasteiger partial charge in [-0.15, -0.1) is 0 Å². The van der Waals surface area contributed by atoms with Crippen molar-refractivity contribution in [2.75, 3.05) is 13.1 Å². The van der Waals surface area contributed by atoms with Crippen LogP contribution in [-0.2, 0) is 0 Å². The molecule has 1 saturated heterocycles. The van der Waals surface area contributed by atoms with E-state index in [1.807, 2.05) is 6.92 Å². The Hall–Kier alpha value is -1.00. The molecular weight excluding hydrogens is 270 g/mol. The third-order valence-electron chi connectivity index (χ3n) is 4.82. The second-order valence-corrected chi connectivity index (χ2v) is 6.55. The highest BCUT2D eigenvalue weighted by Gasteiger charge is 2.32. The number of hydrogen-bond donors (Lipinski definition) is 1. The van der Waals surface area contributed by atoms with Gasteiger partial charge in [0, 0.05) is 23.7 Å². The number of piperidine rings is 1. The van der Waals surface area contributed by atoms with Crippen molar-refractivity contribution >= 4 is 0 Å². The Morgan fingerprint density at radius 1 is 1.10 bits per heavy atom. The third-order valence-corrected chi connectivity index (χ3v) is 4.82. The first-order valence-electron chi connectivity index (χ1n) is 8.00. The predicted molar refractivity (Wildman–Crippen MR) is 80.3 cm³/mol. The third kappa shape index (κ3) is 3.43. The molecular formula is C17H24F2N2. The van der Waals surface area contributed by atoms with Gasteiger partial charge in [-0.25, -0.2) is 8.78 Å². The maximum Gasteiger partial charge on any atom is 0.128 e. The highest BCUT2D eigenvalue weighted by atomic mass is 19.1.